The van der Waals surface area contributed by atoms with Crippen molar-refractivity contribution in [1.29, 1.82) is 0 Å². The molecule has 2 amide bonds. The molecule has 3 rings (SSSR count). The Morgan fingerprint density at radius 1 is 1.12 bits per heavy atom. The second-order valence-electron chi connectivity index (χ2n) is 7.45. The number of amides is 2. The first kappa shape index (κ1) is 17.4. The molecular formula is C18H23N3O4. The Bertz CT molecular complexity index is 723. The van der Waals surface area contributed by atoms with E-state index in [2.05, 4.69) is 13.8 Å². The van der Waals surface area contributed by atoms with Gasteiger partial charge in [0.25, 0.3) is 5.69 Å². The summed E-state index contributed by atoms with van der Waals surface area (Å²) in [5.41, 5.74) is 0.783. The molecular weight excluding hydrogens is 322 g/mol. The highest BCUT2D eigenvalue weighted by Crippen LogP contribution is 2.37. The van der Waals surface area contributed by atoms with Gasteiger partial charge in [0.2, 0.25) is 11.8 Å². The second kappa shape index (κ2) is 6.46. The number of carbonyl (C=O) groups excluding carboxylic acids is 2. The van der Waals surface area contributed by atoms with E-state index in [0.29, 0.717) is 17.5 Å². The fourth-order valence-corrected chi connectivity index (χ4v) is 3.98. The van der Waals surface area contributed by atoms with E-state index in [1.807, 2.05) is 4.90 Å². The third kappa shape index (κ3) is 3.23. The van der Waals surface area contributed by atoms with Gasteiger partial charge in [-0.15, -0.1) is 0 Å². The number of imide groups is 1. The molecule has 0 N–H and O–H groups in total. The molecule has 0 radical (unpaired) electrons. The molecule has 1 aromatic rings. The average molecular weight is 345 g/mol. The molecule has 0 spiro atoms. The fraction of sp³-hybridized carbons (Fsp3) is 0.556. The molecule has 0 saturated carbocycles. The molecule has 2 aliphatic rings. The number of nitro benzene ring substituents is 1. The largest absolute Gasteiger partial charge is 0.365 e. The molecule has 0 aromatic heterocycles. The van der Waals surface area contributed by atoms with Crippen LogP contribution < -0.4 is 9.80 Å². The standard InChI is InChI=1S/C18H23N3O4/c1-11-6-12(2)10-19(9-11)15-5-4-14(8-16(15)21(24)25)20-17(22)7-13(3)18(20)23/h4-5,8,11-13H,6-7,9-10H2,1-3H3/t11-,12-,13-/m1/s1. The van der Waals surface area contributed by atoms with Gasteiger partial charge < -0.3 is 4.90 Å². The van der Waals surface area contributed by atoms with Gasteiger partial charge in [-0.05, 0) is 30.4 Å². The summed E-state index contributed by atoms with van der Waals surface area (Å²) in [5, 5.41) is 11.6. The average Bonchev–Trinajstić information content (AvgIpc) is 2.78. The smallest absolute Gasteiger partial charge is 0.294 e. The number of hydrogen-bond acceptors (Lipinski definition) is 5. The van der Waals surface area contributed by atoms with Crippen LogP contribution in [0, 0.1) is 27.9 Å². The van der Waals surface area contributed by atoms with Crippen molar-refractivity contribution < 1.29 is 14.5 Å². The van der Waals surface area contributed by atoms with Gasteiger partial charge in [0.15, 0.2) is 0 Å². The Kier molecular flexibility index (Phi) is 4.49. The lowest BCUT2D eigenvalue weighted by Gasteiger charge is -2.36. The van der Waals surface area contributed by atoms with Crippen molar-refractivity contribution in [3.63, 3.8) is 0 Å². The van der Waals surface area contributed by atoms with Gasteiger partial charge in [0.1, 0.15) is 5.69 Å². The maximum absolute atomic E-state index is 12.2. The summed E-state index contributed by atoms with van der Waals surface area (Å²) >= 11 is 0. The van der Waals surface area contributed by atoms with Crippen LogP contribution in [0.15, 0.2) is 18.2 Å². The van der Waals surface area contributed by atoms with E-state index < -0.39 is 4.92 Å². The van der Waals surface area contributed by atoms with Crippen LogP contribution in [0.3, 0.4) is 0 Å². The van der Waals surface area contributed by atoms with Crippen LogP contribution in [0.2, 0.25) is 0 Å². The van der Waals surface area contributed by atoms with Crippen LogP contribution in [0.5, 0.6) is 0 Å². The molecule has 1 aromatic carbocycles. The summed E-state index contributed by atoms with van der Waals surface area (Å²) in [7, 11) is 0. The highest BCUT2D eigenvalue weighted by atomic mass is 16.6. The minimum atomic E-state index is -0.433. The van der Waals surface area contributed by atoms with Crippen LogP contribution in [0.1, 0.15) is 33.6 Å². The van der Waals surface area contributed by atoms with E-state index >= 15 is 0 Å². The van der Waals surface area contributed by atoms with Crippen LogP contribution in [0.4, 0.5) is 17.1 Å². The van der Waals surface area contributed by atoms with Gasteiger partial charge in [-0.2, -0.15) is 0 Å². The van der Waals surface area contributed by atoms with Gasteiger partial charge in [-0.3, -0.25) is 24.6 Å². The fourth-order valence-electron chi connectivity index (χ4n) is 3.98. The van der Waals surface area contributed by atoms with E-state index in [-0.39, 0.29) is 35.5 Å². The Hall–Kier alpha value is -2.44. The van der Waals surface area contributed by atoms with Crippen molar-refractivity contribution in [1.82, 2.24) is 0 Å². The summed E-state index contributed by atoms with van der Waals surface area (Å²) in [6.07, 6.45) is 1.26. The molecule has 0 aliphatic carbocycles. The first-order valence-corrected chi connectivity index (χ1v) is 8.68. The van der Waals surface area contributed by atoms with E-state index in [1.165, 1.54) is 6.07 Å². The van der Waals surface area contributed by atoms with E-state index in [1.54, 1.807) is 19.1 Å². The Morgan fingerprint density at radius 2 is 1.76 bits per heavy atom. The number of anilines is 2. The van der Waals surface area contributed by atoms with Crippen molar-refractivity contribution >= 4 is 28.9 Å². The van der Waals surface area contributed by atoms with Gasteiger partial charge in [0.05, 0.1) is 10.6 Å². The lowest BCUT2D eigenvalue weighted by molar-refractivity contribution is -0.384. The lowest BCUT2D eigenvalue weighted by Crippen LogP contribution is -2.39. The minimum Gasteiger partial charge on any atom is -0.365 e. The zero-order valence-corrected chi connectivity index (χ0v) is 14.8. The first-order valence-electron chi connectivity index (χ1n) is 8.68. The molecule has 2 fully saturated rings. The van der Waals surface area contributed by atoms with Crippen LogP contribution in [-0.2, 0) is 9.59 Å². The predicted molar refractivity (Wildman–Crippen MR) is 94.5 cm³/mol. The van der Waals surface area contributed by atoms with Crippen LogP contribution in [0.25, 0.3) is 0 Å². The predicted octanol–water partition coefficient (Wildman–Crippen LogP) is 2.98. The second-order valence-corrected chi connectivity index (χ2v) is 7.45. The van der Waals surface area contributed by atoms with Crippen LogP contribution in [-0.4, -0.2) is 29.8 Å². The van der Waals surface area contributed by atoms with Crippen molar-refractivity contribution in [2.75, 3.05) is 22.9 Å². The molecule has 0 unspecified atom stereocenters. The van der Waals surface area contributed by atoms with E-state index in [4.69, 9.17) is 0 Å². The normalized spacial score (nSPS) is 27.1. The lowest BCUT2D eigenvalue weighted by atomic mass is 9.91. The first-order chi connectivity index (χ1) is 11.8. The minimum absolute atomic E-state index is 0.0565. The number of nitro groups is 1. The highest BCUT2D eigenvalue weighted by molar-refractivity contribution is 6.21. The van der Waals surface area contributed by atoms with Gasteiger partial charge >= 0.3 is 0 Å². The van der Waals surface area contributed by atoms with E-state index in [9.17, 15) is 19.7 Å². The summed E-state index contributed by atoms with van der Waals surface area (Å²) in [6, 6.07) is 4.66. The number of carbonyl (C=O) groups is 2. The molecule has 25 heavy (non-hydrogen) atoms. The van der Waals surface area contributed by atoms with Crippen molar-refractivity contribution in [3.8, 4) is 0 Å². The third-order valence-corrected chi connectivity index (χ3v) is 5.00. The molecule has 7 nitrogen and oxygen atoms in total. The number of rotatable bonds is 3. The van der Waals surface area contributed by atoms with Crippen molar-refractivity contribution in [2.24, 2.45) is 17.8 Å². The summed E-state index contributed by atoms with van der Waals surface area (Å²) in [4.78, 5) is 38.6. The van der Waals surface area contributed by atoms with Crippen molar-refractivity contribution in [2.45, 2.75) is 33.6 Å². The van der Waals surface area contributed by atoms with E-state index in [0.717, 1.165) is 24.4 Å². The topological polar surface area (TPSA) is 83.8 Å². The maximum Gasteiger partial charge on any atom is 0.294 e. The Balaban J connectivity index is 1.98. The number of benzene rings is 1. The monoisotopic (exact) mass is 345 g/mol. The third-order valence-electron chi connectivity index (χ3n) is 5.00. The summed E-state index contributed by atoms with van der Waals surface area (Å²) < 4.78 is 0. The Morgan fingerprint density at radius 3 is 2.28 bits per heavy atom. The molecule has 3 atom stereocenters. The van der Waals surface area contributed by atoms with Gasteiger partial charge in [0, 0.05) is 31.5 Å². The molecule has 2 heterocycles. The SMILES string of the molecule is C[C@@H]1C[C@@H](C)CN(c2ccc(N3C(=O)C[C@@H](C)C3=O)cc2[N+](=O)[O-])C1. The van der Waals surface area contributed by atoms with Gasteiger partial charge in [-0.25, -0.2) is 0 Å². The molecule has 134 valence electrons. The number of piperidine rings is 1. The van der Waals surface area contributed by atoms with Crippen molar-refractivity contribution in [3.05, 3.63) is 28.3 Å². The molecule has 2 saturated heterocycles. The zero-order valence-electron chi connectivity index (χ0n) is 14.8. The molecule has 0 bridgehead atoms. The highest BCUT2D eigenvalue weighted by Gasteiger charge is 2.38. The maximum atomic E-state index is 12.2. The number of nitrogens with zero attached hydrogens (tertiary/aromatic N) is 3. The summed E-state index contributed by atoms with van der Waals surface area (Å²) in [5.74, 6) is -0.0571. The zero-order chi connectivity index (χ0) is 18.3. The molecule has 2 aliphatic heterocycles. The quantitative estimate of drug-likeness (QED) is 0.478. The number of hydrogen-bond donors (Lipinski definition) is 0. The molecule has 7 heteroatoms. The summed E-state index contributed by atoms with van der Waals surface area (Å²) in [6.45, 7) is 7.52. The Labute approximate surface area is 146 Å². The van der Waals surface area contributed by atoms with Crippen LogP contribution >= 0.6 is 0 Å². The van der Waals surface area contributed by atoms with Gasteiger partial charge in [-0.1, -0.05) is 20.8 Å².